The van der Waals surface area contributed by atoms with Crippen molar-refractivity contribution in [3.05, 3.63) is 11.1 Å². The summed E-state index contributed by atoms with van der Waals surface area (Å²) in [7, 11) is -0.672. The first kappa shape index (κ1) is 18.4. The molecule has 0 aliphatic carbocycles. The molecule has 3 heteroatoms. The smallest absolute Gasteiger partial charge is 0.319 e. The van der Waals surface area contributed by atoms with Crippen molar-refractivity contribution in [2.45, 2.75) is 73.3 Å². The highest BCUT2D eigenvalue weighted by Crippen LogP contribution is 2.24. The highest BCUT2D eigenvalue weighted by atomic mass is 28.2. The second-order valence-corrected chi connectivity index (χ2v) is 7.34. The molecule has 0 rings (SSSR count). The van der Waals surface area contributed by atoms with E-state index in [0.29, 0.717) is 11.8 Å². The van der Waals surface area contributed by atoms with Crippen LogP contribution in [0.25, 0.3) is 0 Å². The lowest BCUT2D eigenvalue weighted by Gasteiger charge is -2.19. The lowest BCUT2D eigenvalue weighted by molar-refractivity contribution is -0.130. The fourth-order valence-corrected chi connectivity index (χ4v) is 3.73. The van der Waals surface area contributed by atoms with Crippen LogP contribution in [0.4, 0.5) is 0 Å². The Labute approximate surface area is 121 Å². The summed E-state index contributed by atoms with van der Waals surface area (Å²) in [6.07, 6.45) is 5.05. The van der Waals surface area contributed by atoms with E-state index >= 15 is 0 Å². The average Bonchev–Trinajstić information content (AvgIpc) is 2.32. The van der Waals surface area contributed by atoms with Crippen LogP contribution in [-0.4, -0.2) is 15.7 Å². The van der Waals surface area contributed by atoms with Crippen molar-refractivity contribution in [1.82, 2.24) is 0 Å². The van der Waals surface area contributed by atoms with Crippen LogP contribution in [0.3, 0.4) is 0 Å². The van der Waals surface area contributed by atoms with Crippen LogP contribution >= 0.6 is 0 Å². The number of carbonyl (C=O) groups is 1. The van der Waals surface area contributed by atoms with Crippen molar-refractivity contribution in [2.24, 2.45) is 11.8 Å². The molecule has 0 amide bonds. The second kappa shape index (κ2) is 10.2. The molecule has 0 fully saturated rings. The van der Waals surface area contributed by atoms with E-state index < -0.39 is 9.76 Å². The second-order valence-electron chi connectivity index (χ2n) is 5.94. The Morgan fingerprint density at radius 3 is 2.11 bits per heavy atom. The third kappa shape index (κ3) is 7.56. The number of allylic oxidation sites excluding steroid dienone is 1. The third-order valence-electron chi connectivity index (χ3n) is 3.46. The molecule has 0 atom stereocenters. The Bertz CT molecular complexity index is 283. The first-order valence-corrected chi connectivity index (χ1v) is 9.37. The molecule has 112 valence electrons. The minimum Gasteiger partial charge on any atom is -0.522 e. The number of unbranched alkanes of at least 4 members (excludes halogenated alkanes) is 3. The van der Waals surface area contributed by atoms with Crippen molar-refractivity contribution in [1.29, 1.82) is 0 Å². The van der Waals surface area contributed by atoms with Gasteiger partial charge in [-0.25, -0.2) is 4.79 Å². The molecule has 0 aliphatic heterocycles. The monoisotopic (exact) mass is 284 g/mol. The minimum atomic E-state index is -0.672. The maximum atomic E-state index is 12.0. The summed E-state index contributed by atoms with van der Waals surface area (Å²) in [4.78, 5) is 12.0. The Morgan fingerprint density at radius 1 is 1.05 bits per heavy atom. The summed E-state index contributed by atoms with van der Waals surface area (Å²) in [6.45, 7) is 12.7. The normalized spacial score (nSPS) is 11.6. The molecule has 0 radical (unpaired) electrons. The quantitative estimate of drug-likeness (QED) is 0.359. The van der Waals surface area contributed by atoms with Crippen molar-refractivity contribution < 1.29 is 9.22 Å². The van der Waals surface area contributed by atoms with Crippen LogP contribution in [0.1, 0.15) is 67.2 Å². The first-order valence-electron chi connectivity index (χ1n) is 7.79. The zero-order valence-electron chi connectivity index (χ0n) is 13.7. The standard InChI is InChI=1S/C16H32O2Si/c1-7-8-9-10-11-19-18-16(17)14(6)15(12(2)3)13(4)5/h12-13H,7-11,19H2,1-6H3. The number of hydrogen-bond acceptors (Lipinski definition) is 2. The molecule has 0 unspecified atom stereocenters. The highest BCUT2D eigenvalue weighted by molar-refractivity contribution is 6.31. The maximum absolute atomic E-state index is 12.0. The molecule has 0 heterocycles. The maximum Gasteiger partial charge on any atom is 0.319 e. The van der Waals surface area contributed by atoms with Gasteiger partial charge in [0, 0.05) is 5.57 Å². The molecule has 19 heavy (non-hydrogen) atoms. The minimum absolute atomic E-state index is 0.0699. The molecular formula is C16H32O2Si. The van der Waals surface area contributed by atoms with Gasteiger partial charge in [-0.2, -0.15) is 0 Å². The lowest BCUT2D eigenvalue weighted by Crippen LogP contribution is -2.15. The van der Waals surface area contributed by atoms with Gasteiger partial charge in [0.05, 0.1) is 0 Å². The third-order valence-corrected chi connectivity index (χ3v) is 4.72. The molecule has 0 aromatic rings. The van der Waals surface area contributed by atoms with E-state index in [2.05, 4.69) is 34.6 Å². The van der Waals surface area contributed by atoms with Gasteiger partial charge in [-0.15, -0.1) is 0 Å². The Morgan fingerprint density at radius 2 is 1.63 bits per heavy atom. The molecule has 2 nitrogen and oxygen atoms in total. The Hall–Kier alpha value is -0.573. The van der Waals surface area contributed by atoms with E-state index in [1.165, 1.54) is 31.3 Å². The van der Waals surface area contributed by atoms with Crippen molar-refractivity contribution in [3.8, 4) is 0 Å². The van der Waals surface area contributed by atoms with E-state index in [0.717, 1.165) is 11.6 Å². The molecule has 0 saturated carbocycles. The van der Waals surface area contributed by atoms with Gasteiger partial charge in [-0.05, 0) is 24.8 Å². The Balaban J connectivity index is 4.22. The summed E-state index contributed by atoms with van der Waals surface area (Å²) in [5.74, 6) is 0.761. The molecule has 0 spiro atoms. The molecule has 0 aliphatic rings. The van der Waals surface area contributed by atoms with Crippen LogP contribution in [0.2, 0.25) is 6.04 Å². The van der Waals surface area contributed by atoms with Crippen molar-refractivity contribution in [2.75, 3.05) is 0 Å². The van der Waals surface area contributed by atoms with Gasteiger partial charge in [-0.3, -0.25) is 0 Å². The van der Waals surface area contributed by atoms with Crippen LogP contribution in [0.5, 0.6) is 0 Å². The average molecular weight is 285 g/mol. The van der Waals surface area contributed by atoms with Crippen molar-refractivity contribution in [3.63, 3.8) is 0 Å². The fraction of sp³-hybridized carbons (Fsp3) is 0.812. The van der Waals surface area contributed by atoms with Gasteiger partial charge >= 0.3 is 5.97 Å². The van der Waals surface area contributed by atoms with E-state index in [-0.39, 0.29) is 5.97 Å². The molecule has 0 bridgehead atoms. The number of hydrogen-bond donors (Lipinski definition) is 0. The van der Waals surface area contributed by atoms with E-state index in [9.17, 15) is 4.79 Å². The predicted molar refractivity (Wildman–Crippen MR) is 86.0 cm³/mol. The lowest BCUT2D eigenvalue weighted by atomic mass is 9.88. The van der Waals surface area contributed by atoms with Gasteiger partial charge < -0.3 is 4.43 Å². The van der Waals surface area contributed by atoms with Crippen LogP contribution < -0.4 is 0 Å². The van der Waals surface area contributed by atoms with E-state index in [4.69, 9.17) is 4.43 Å². The van der Waals surface area contributed by atoms with E-state index in [1.807, 2.05) is 6.92 Å². The fourth-order valence-electron chi connectivity index (χ4n) is 2.63. The van der Waals surface area contributed by atoms with Gasteiger partial charge in [0.25, 0.3) is 0 Å². The highest BCUT2D eigenvalue weighted by Gasteiger charge is 2.17. The summed E-state index contributed by atoms with van der Waals surface area (Å²) in [5, 5.41) is 0. The summed E-state index contributed by atoms with van der Waals surface area (Å²) >= 11 is 0. The SMILES string of the molecule is CCCCCC[SiH2]OC(=O)C(C)=C(C(C)C)C(C)C. The Kier molecular flexibility index (Phi) is 9.93. The zero-order chi connectivity index (χ0) is 14.8. The molecular weight excluding hydrogens is 252 g/mol. The summed E-state index contributed by atoms with van der Waals surface area (Å²) < 4.78 is 5.51. The van der Waals surface area contributed by atoms with Crippen LogP contribution in [0.15, 0.2) is 11.1 Å². The van der Waals surface area contributed by atoms with Gasteiger partial charge in [0.1, 0.15) is 0 Å². The first-order chi connectivity index (χ1) is 8.91. The summed E-state index contributed by atoms with van der Waals surface area (Å²) in [6, 6.07) is 1.12. The summed E-state index contributed by atoms with van der Waals surface area (Å²) in [5.41, 5.74) is 2.08. The zero-order valence-corrected chi connectivity index (χ0v) is 15.1. The molecule has 0 aromatic carbocycles. The van der Waals surface area contributed by atoms with Gasteiger partial charge in [-0.1, -0.05) is 65.9 Å². The number of rotatable bonds is 9. The molecule has 0 aromatic heterocycles. The molecule has 0 saturated heterocycles. The predicted octanol–water partition coefficient (Wildman–Crippen LogP) is 4.24. The molecule has 0 N–H and O–H groups in total. The van der Waals surface area contributed by atoms with Gasteiger partial charge in [0.15, 0.2) is 0 Å². The number of carbonyl (C=O) groups excluding carboxylic acids is 1. The van der Waals surface area contributed by atoms with Gasteiger partial charge in [0.2, 0.25) is 9.76 Å². The largest absolute Gasteiger partial charge is 0.522 e. The van der Waals surface area contributed by atoms with Crippen LogP contribution in [0, 0.1) is 11.8 Å². The van der Waals surface area contributed by atoms with Crippen LogP contribution in [-0.2, 0) is 9.22 Å². The topological polar surface area (TPSA) is 26.3 Å². The van der Waals surface area contributed by atoms with E-state index in [1.54, 1.807) is 0 Å². The van der Waals surface area contributed by atoms with Crippen molar-refractivity contribution >= 4 is 15.7 Å².